The van der Waals surface area contributed by atoms with E-state index < -0.39 is 23.4 Å². The molecule has 1 atom stereocenters. The molecule has 0 fully saturated rings. The second-order valence-corrected chi connectivity index (χ2v) is 6.12. The molecule has 0 amide bonds. The average molecular weight is 331 g/mol. The number of benzene rings is 1. The van der Waals surface area contributed by atoms with Gasteiger partial charge in [0.1, 0.15) is 5.76 Å². The number of hydrogen-bond acceptors (Lipinski definition) is 5. The highest BCUT2D eigenvalue weighted by molar-refractivity contribution is 6.25. The van der Waals surface area contributed by atoms with Crippen LogP contribution in [0.25, 0.3) is 5.57 Å². The summed E-state index contributed by atoms with van der Waals surface area (Å²) >= 11 is 0. The van der Waals surface area contributed by atoms with E-state index >= 15 is 0 Å². The summed E-state index contributed by atoms with van der Waals surface area (Å²) in [6.07, 6.45) is 0.979. The van der Waals surface area contributed by atoms with Gasteiger partial charge in [-0.05, 0) is 31.4 Å². The predicted molar refractivity (Wildman–Crippen MR) is 88.8 cm³/mol. The standard InChI is InChI=1S/C18H21NO5/c1-4-5-16(20)24-15-9-13(10-19(22)23)18(21)17(15)14-7-6-11(2)8-12(14)3/h6-8,13H,4-5,9-10H2,1-3H3. The maximum Gasteiger partial charge on any atom is 0.310 e. The minimum atomic E-state index is -0.778. The fourth-order valence-corrected chi connectivity index (χ4v) is 2.95. The second-order valence-electron chi connectivity index (χ2n) is 6.12. The van der Waals surface area contributed by atoms with Crippen molar-refractivity contribution >= 4 is 17.3 Å². The van der Waals surface area contributed by atoms with E-state index in [1.165, 1.54) is 0 Å². The quantitative estimate of drug-likeness (QED) is 0.454. The highest BCUT2D eigenvalue weighted by Crippen LogP contribution is 2.37. The molecule has 0 aliphatic heterocycles. The molecule has 1 aromatic rings. The van der Waals surface area contributed by atoms with Gasteiger partial charge in [-0.1, -0.05) is 30.7 Å². The second kappa shape index (κ2) is 7.38. The van der Waals surface area contributed by atoms with Crippen LogP contribution >= 0.6 is 0 Å². The SMILES string of the molecule is CCCC(=O)OC1=C(c2ccc(C)cc2C)C(=O)C(C[N+](=O)[O-])C1. The molecule has 0 saturated carbocycles. The van der Waals surface area contributed by atoms with Gasteiger partial charge in [-0.15, -0.1) is 0 Å². The fourth-order valence-electron chi connectivity index (χ4n) is 2.95. The summed E-state index contributed by atoms with van der Waals surface area (Å²) in [5.41, 5.74) is 2.91. The molecule has 0 N–H and O–H groups in total. The minimum absolute atomic E-state index is 0.0952. The zero-order chi connectivity index (χ0) is 17.9. The van der Waals surface area contributed by atoms with E-state index in [2.05, 4.69) is 0 Å². The summed E-state index contributed by atoms with van der Waals surface area (Å²) in [7, 11) is 0. The first kappa shape index (κ1) is 17.8. The molecule has 0 heterocycles. The van der Waals surface area contributed by atoms with E-state index in [4.69, 9.17) is 4.74 Å². The maximum absolute atomic E-state index is 12.7. The number of ether oxygens (including phenoxy) is 1. The lowest BCUT2D eigenvalue weighted by molar-refractivity contribution is -0.485. The van der Waals surface area contributed by atoms with Crippen LogP contribution in [0, 0.1) is 29.9 Å². The average Bonchev–Trinajstić information content (AvgIpc) is 2.75. The highest BCUT2D eigenvalue weighted by atomic mass is 16.6. The Kier molecular flexibility index (Phi) is 5.49. The van der Waals surface area contributed by atoms with Gasteiger partial charge in [0.25, 0.3) is 0 Å². The van der Waals surface area contributed by atoms with Gasteiger partial charge in [-0.25, -0.2) is 0 Å². The molecule has 0 saturated heterocycles. The van der Waals surface area contributed by atoms with E-state index in [9.17, 15) is 19.7 Å². The molecule has 0 aromatic heterocycles. The van der Waals surface area contributed by atoms with Crippen LogP contribution in [-0.4, -0.2) is 23.2 Å². The smallest absolute Gasteiger partial charge is 0.310 e. The summed E-state index contributed by atoms with van der Waals surface area (Å²) in [5, 5.41) is 10.8. The van der Waals surface area contributed by atoms with Crippen molar-refractivity contribution in [1.29, 1.82) is 0 Å². The first-order valence-electron chi connectivity index (χ1n) is 8.01. The van der Waals surface area contributed by atoms with Gasteiger partial charge < -0.3 is 4.74 Å². The van der Waals surface area contributed by atoms with Crippen molar-refractivity contribution in [2.75, 3.05) is 6.54 Å². The van der Waals surface area contributed by atoms with Crippen LogP contribution in [0.5, 0.6) is 0 Å². The number of hydrogen-bond donors (Lipinski definition) is 0. The molecule has 1 unspecified atom stereocenters. The number of allylic oxidation sites excluding steroid dienone is 2. The first-order chi connectivity index (χ1) is 11.3. The largest absolute Gasteiger partial charge is 0.430 e. The molecule has 1 aliphatic rings. The van der Waals surface area contributed by atoms with Crippen LogP contribution < -0.4 is 0 Å². The number of ketones is 1. The van der Waals surface area contributed by atoms with E-state index in [1.807, 2.05) is 32.9 Å². The molecule has 1 aromatic carbocycles. The van der Waals surface area contributed by atoms with E-state index in [0.29, 0.717) is 17.6 Å². The van der Waals surface area contributed by atoms with Gasteiger partial charge in [-0.2, -0.15) is 0 Å². The number of carbonyl (C=O) groups excluding carboxylic acids is 2. The Morgan fingerprint density at radius 2 is 2.08 bits per heavy atom. The summed E-state index contributed by atoms with van der Waals surface area (Å²) in [6.45, 7) is 5.21. The van der Waals surface area contributed by atoms with Crippen molar-refractivity contribution < 1.29 is 19.2 Å². The van der Waals surface area contributed by atoms with Crippen LogP contribution in [0.3, 0.4) is 0 Å². The van der Waals surface area contributed by atoms with Crippen molar-refractivity contribution in [3.8, 4) is 0 Å². The molecule has 6 heteroatoms. The topological polar surface area (TPSA) is 86.5 Å². The third-order valence-electron chi connectivity index (χ3n) is 4.04. The lowest BCUT2D eigenvalue weighted by Gasteiger charge is -2.10. The number of aryl methyl sites for hydroxylation is 2. The Hall–Kier alpha value is -2.50. The number of nitro groups is 1. The Balaban J connectivity index is 2.43. The number of nitrogens with zero attached hydrogens (tertiary/aromatic N) is 1. The van der Waals surface area contributed by atoms with E-state index in [-0.39, 0.29) is 24.4 Å². The Morgan fingerprint density at radius 1 is 1.38 bits per heavy atom. The maximum atomic E-state index is 12.7. The summed E-state index contributed by atoms with van der Waals surface area (Å²) in [4.78, 5) is 34.8. The normalized spacial score (nSPS) is 17.3. The molecule has 128 valence electrons. The minimum Gasteiger partial charge on any atom is -0.430 e. The number of rotatable bonds is 6. The van der Waals surface area contributed by atoms with Gasteiger partial charge >= 0.3 is 5.97 Å². The molecule has 24 heavy (non-hydrogen) atoms. The Labute approximate surface area is 140 Å². The third-order valence-corrected chi connectivity index (χ3v) is 4.04. The zero-order valence-corrected chi connectivity index (χ0v) is 14.1. The van der Waals surface area contributed by atoms with Gasteiger partial charge in [0, 0.05) is 17.8 Å². The Morgan fingerprint density at radius 3 is 2.67 bits per heavy atom. The lowest BCUT2D eigenvalue weighted by Crippen LogP contribution is -2.20. The molecule has 2 rings (SSSR count). The number of carbonyl (C=O) groups is 2. The molecule has 6 nitrogen and oxygen atoms in total. The molecular formula is C18H21NO5. The monoisotopic (exact) mass is 331 g/mol. The van der Waals surface area contributed by atoms with Crippen molar-refractivity contribution in [3.05, 3.63) is 50.8 Å². The van der Waals surface area contributed by atoms with E-state index in [0.717, 1.165) is 11.1 Å². The van der Waals surface area contributed by atoms with Crippen molar-refractivity contribution in [2.24, 2.45) is 5.92 Å². The zero-order valence-electron chi connectivity index (χ0n) is 14.1. The predicted octanol–water partition coefficient (Wildman–Crippen LogP) is 3.22. The first-order valence-corrected chi connectivity index (χ1v) is 8.01. The van der Waals surface area contributed by atoms with E-state index in [1.54, 1.807) is 6.07 Å². The summed E-state index contributed by atoms with van der Waals surface area (Å²) in [6, 6.07) is 5.61. The summed E-state index contributed by atoms with van der Waals surface area (Å²) in [5.74, 6) is -1.25. The van der Waals surface area contributed by atoms with Crippen LogP contribution in [-0.2, 0) is 14.3 Å². The van der Waals surface area contributed by atoms with Gasteiger partial charge in [0.15, 0.2) is 5.78 Å². The number of Topliss-reactive ketones (excluding diaryl/α,β-unsaturated/α-hetero) is 1. The third kappa shape index (κ3) is 3.88. The fraction of sp³-hybridized carbons (Fsp3) is 0.444. The molecular weight excluding hydrogens is 310 g/mol. The lowest BCUT2D eigenvalue weighted by atomic mass is 9.95. The van der Waals surface area contributed by atoms with Crippen molar-refractivity contribution in [1.82, 2.24) is 0 Å². The van der Waals surface area contributed by atoms with Gasteiger partial charge in [0.2, 0.25) is 6.54 Å². The number of esters is 1. The molecule has 0 spiro atoms. The van der Waals surface area contributed by atoms with Crippen LogP contribution in [0.15, 0.2) is 24.0 Å². The van der Waals surface area contributed by atoms with Gasteiger partial charge in [0.05, 0.1) is 11.5 Å². The molecule has 0 bridgehead atoms. The van der Waals surface area contributed by atoms with Crippen LogP contribution in [0.2, 0.25) is 0 Å². The molecule has 0 radical (unpaired) electrons. The van der Waals surface area contributed by atoms with Gasteiger partial charge in [-0.3, -0.25) is 19.7 Å². The Bertz CT molecular complexity index is 720. The molecule has 1 aliphatic carbocycles. The van der Waals surface area contributed by atoms with Crippen molar-refractivity contribution in [2.45, 2.75) is 40.0 Å². The van der Waals surface area contributed by atoms with Crippen LogP contribution in [0.1, 0.15) is 42.9 Å². The van der Waals surface area contributed by atoms with Crippen LogP contribution in [0.4, 0.5) is 0 Å². The summed E-state index contributed by atoms with van der Waals surface area (Å²) < 4.78 is 5.38. The highest BCUT2D eigenvalue weighted by Gasteiger charge is 2.39. The van der Waals surface area contributed by atoms with Crippen molar-refractivity contribution in [3.63, 3.8) is 0 Å².